The predicted molar refractivity (Wildman–Crippen MR) is 69.4 cm³/mol. The molecule has 0 amide bonds. The van der Waals surface area contributed by atoms with E-state index < -0.39 is 11.8 Å². The topological polar surface area (TPSA) is 61.6 Å². The van der Waals surface area contributed by atoms with Crippen LogP contribution in [0.1, 0.15) is 35.2 Å². The lowest BCUT2D eigenvalue weighted by atomic mass is 10.1. The van der Waals surface area contributed by atoms with E-state index in [2.05, 4.69) is 0 Å². The maximum atomic E-state index is 13.5. The third kappa shape index (κ3) is 3.44. The molecule has 1 atom stereocenters. The van der Waals surface area contributed by atoms with Crippen molar-refractivity contribution in [2.24, 2.45) is 0 Å². The lowest BCUT2D eigenvalue weighted by Crippen LogP contribution is -2.13. The first kappa shape index (κ1) is 13.8. The van der Waals surface area contributed by atoms with Gasteiger partial charge in [-0.2, -0.15) is 0 Å². The number of halogens is 1. The summed E-state index contributed by atoms with van der Waals surface area (Å²) < 4.78 is 24.0. The Morgan fingerprint density at radius 2 is 2.37 bits per heavy atom. The maximum absolute atomic E-state index is 13.5. The van der Waals surface area contributed by atoms with Crippen LogP contribution in [0.15, 0.2) is 12.1 Å². The maximum Gasteiger partial charge on any atom is 0.338 e. The SMILES string of the molecule is Cc1c(N)cc(C(=O)OCCC2CCCO2)cc1F. The zero-order valence-electron chi connectivity index (χ0n) is 10.9. The molecule has 4 nitrogen and oxygen atoms in total. The Balaban J connectivity index is 1.88. The monoisotopic (exact) mass is 267 g/mol. The molecular formula is C14H18FNO3. The highest BCUT2D eigenvalue weighted by molar-refractivity contribution is 5.90. The fourth-order valence-electron chi connectivity index (χ4n) is 2.06. The summed E-state index contributed by atoms with van der Waals surface area (Å²) in [5.74, 6) is -1.05. The van der Waals surface area contributed by atoms with Gasteiger partial charge >= 0.3 is 5.97 Å². The molecule has 0 saturated carbocycles. The predicted octanol–water partition coefficient (Wildman–Crippen LogP) is 2.44. The van der Waals surface area contributed by atoms with Crippen molar-refractivity contribution in [3.63, 3.8) is 0 Å². The van der Waals surface area contributed by atoms with Gasteiger partial charge in [0.1, 0.15) is 5.82 Å². The van der Waals surface area contributed by atoms with Crippen LogP contribution in [0.25, 0.3) is 0 Å². The molecule has 1 aromatic carbocycles. The van der Waals surface area contributed by atoms with Crippen LogP contribution in [-0.4, -0.2) is 25.3 Å². The average Bonchev–Trinajstić information content (AvgIpc) is 2.88. The lowest BCUT2D eigenvalue weighted by molar-refractivity contribution is 0.0385. The van der Waals surface area contributed by atoms with Gasteiger partial charge < -0.3 is 15.2 Å². The number of ether oxygens (including phenoxy) is 2. The van der Waals surface area contributed by atoms with Crippen molar-refractivity contribution in [2.75, 3.05) is 18.9 Å². The molecule has 1 aliphatic rings. The Hall–Kier alpha value is -1.62. The molecule has 1 heterocycles. The smallest absolute Gasteiger partial charge is 0.338 e. The Morgan fingerprint density at radius 1 is 1.58 bits per heavy atom. The van der Waals surface area contributed by atoms with Gasteiger partial charge in [0.2, 0.25) is 0 Å². The first-order valence-corrected chi connectivity index (χ1v) is 6.42. The van der Waals surface area contributed by atoms with Crippen LogP contribution in [0.3, 0.4) is 0 Å². The average molecular weight is 267 g/mol. The van der Waals surface area contributed by atoms with E-state index in [0.717, 1.165) is 25.5 Å². The second-order valence-corrected chi connectivity index (χ2v) is 4.73. The molecule has 0 radical (unpaired) electrons. The molecule has 0 spiro atoms. The van der Waals surface area contributed by atoms with Crippen molar-refractivity contribution in [1.82, 2.24) is 0 Å². The van der Waals surface area contributed by atoms with Gasteiger partial charge in [0.05, 0.1) is 18.3 Å². The summed E-state index contributed by atoms with van der Waals surface area (Å²) >= 11 is 0. The van der Waals surface area contributed by atoms with Gasteiger partial charge in [-0.05, 0) is 31.9 Å². The highest BCUT2D eigenvalue weighted by atomic mass is 19.1. The van der Waals surface area contributed by atoms with Crippen LogP contribution in [0.5, 0.6) is 0 Å². The number of benzene rings is 1. The number of hydrogen-bond donors (Lipinski definition) is 1. The minimum atomic E-state index is -0.552. The normalized spacial score (nSPS) is 18.5. The van der Waals surface area contributed by atoms with Crippen LogP contribution < -0.4 is 5.73 Å². The Labute approximate surface area is 111 Å². The van der Waals surface area contributed by atoms with Crippen LogP contribution in [-0.2, 0) is 9.47 Å². The number of anilines is 1. The van der Waals surface area contributed by atoms with E-state index in [4.69, 9.17) is 15.2 Å². The molecule has 1 saturated heterocycles. The van der Waals surface area contributed by atoms with Gasteiger partial charge in [-0.1, -0.05) is 0 Å². The highest BCUT2D eigenvalue weighted by Crippen LogP contribution is 2.19. The molecule has 0 aromatic heterocycles. The van der Waals surface area contributed by atoms with Crippen molar-refractivity contribution in [1.29, 1.82) is 0 Å². The van der Waals surface area contributed by atoms with Crippen molar-refractivity contribution in [2.45, 2.75) is 32.3 Å². The fourth-order valence-corrected chi connectivity index (χ4v) is 2.06. The van der Waals surface area contributed by atoms with Crippen molar-refractivity contribution in [3.05, 3.63) is 29.1 Å². The molecule has 1 aliphatic heterocycles. The standard InChI is InChI=1S/C14H18FNO3/c1-9-12(15)7-10(8-13(9)16)14(17)19-6-4-11-3-2-5-18-11/h7-8,11H,2-6,16H2,1H3. The number of nitrogens with two attached hydrogens (primary N) is 1. The number of carbonyl (C=O) groups is 1. The van der Waals surface area contributed by atoms with E-state index in [-0.39, 0.29) is 24.0 Å². The Kier molecular flexibility index (Phi) is 4.37. The van der Waals surface area contributed by atoms with Crippen LogP contribution >= 0.6 is 0 Å². The number of hydrogen-bond acceptors (Lipinski definition) is 4. The first-order chi connectivity index (χ1) is 9.08. The van der Waals surface area contributed by atoms with Crippen LogP contribution in [0.4, 0.5) is 10.1 Å². The van der Waals surface area contributed by atoms with Crippen molar-refractivity contribution >= 4 is 11.7 Å². The van der Waals surface area contributed by atoms with Gasteiger partial charge in [0, 0.05) is 24.3 Å². The van der Waals surface area contributed by atoms with Gasteiger partial charge in [-0.3, -0.25) is 0 Å². The molecule has 1 unspecified atom stereocenters. The van der Waals surface area contributed by atoms with E-state index in [1.54, 1.807) is 6.92 Å². The summed E-state index contributed by atoms with van der Waals surface area (Å²) in [6.45, 7) is 2.62. The highest BCUT2D eigenvalue weighted by Gasteiger charge is 2.17. The minimum absolute atomic E-state index is 0.146. The van der Waals surface area contributed by atoms with Crippen molar-refractivity contribution in [3.8, 4) is 0 Å². The van der Waals surface area contributed by atoms with E-state index >= 15 is 0 Å². The number of nitrogen functional groups attached to an aromatic ring is 1. The van der Waals surface area contributed by atoms with Gasteiger partial charge in [0.15, 0.2) is 0 Å². The molecule has 1 fully saturated rings. The van der Waals surface area contributed by atoms with Crippen LogP contribution in [0, 0.1) is 12.7 Å². The van der Waals surface area contributed by atoms with Crippen LogP contribution in [0.2, 0.25) is 0 Å². The Bertz CT molecular complexity index is 447. The summed E-state index contributed by atoms with van der Waals surface area (Å²) in [6.07, 6.45) is 2.91. The first-order valence-electron chi connectivity index (χ1n) is 6.42. The quantitative estimate of drug-likeness (QED) is 0.672. The van der Waals surface area contributed by atoms with E-state index in [1.807, 2.05) is 0 Å². The lowest BCUT2D eigenvalue weighted by Gasteiger charge is -2.10. The fraction of sp³-hybridized carbons (Fsp3) is 0.500. The molecule has 0 aliphatic carbocycles. The summed E-state index contributed by atoms with van der Waals surface area (Å²) in [7, 11) is 0. The summed E-state index contributed by atoms with van der Waals surface area (Å²) in [6, 6.07) is 2.59. The van der Waals surface area contributed by atoms with Gasteiger partial charge in [-0.15, -0.1) is 0 Å². The van der Waals surface area contributed by atoms with Gasteiger partial charge in [0.25, 0.3) is 0 Å². The third-order valence-electron chi connectivity index (χ3n) is 3.32. The number of esters is 1. The van der Waals surface area contributed by atoms with E-state index in [0.29, 0.717) is 12.0 Å². The molecule has 104 valence electrons. The van der Waals surface area contributed by atoms with E-state index in [9.17, 15) is 9.18 Å². The second kappa shape index (κ2) is 6.02. The molecule has 19 heavy (non-hydrogen) atoms. The molecule has 2 rings (SSSR count). The molecule has 0 bridgehead atoms. The van der Waals surface area contributed by atoms with Crippen molar-refractivity contribution < 1.29 is 18.7 Å². The molecule has 2 N–H and O–H groups in total. The van der Waals surface area contributed by atoms with E-state index in [1.165, 1.54) is 6.07 Å². The Morgan fingerprint density at radius 3 is 3.00 bits per heavy atom. The number of carbonyl (C=O) groups excluding carboxylic acids is 1. The number of rotatable bonds is 4. The van der Waals surface area contributed by atoms with Gasteiger partial charge in [-0.25, -0.2) is 9.18 Å². The summed E-state index contributed by atoms with van der Waals surface area (Å²) in [4.78, 5) is 11.7. The molecular weight excluding hydrogens is 249 g/mol. The summed E-state index contributed by atoms with van der Waals surface area (Å²) in [5, 5.41) is 0. The largest absolute Gasteiger partial charge is 0.462 e. The minimum Gasteiger partial charge on any atom is -0.462 e. The summed E-state index contributed by atoms with van der Waals surface area (Å²) in [5.41, 5.74) is 6.36. The molecule has 1 aromatic rings. The third-order valence-corrected chi connectivity index (χ3v) is 3.32. The zero-order valence-corrected chi connectivity index (χ0v) is 10.9. The second-order valence-electron chi connectivity index (χ2n) is 4.73. The zero-order chi connectivity index (χ0) is 13.8. The molecule has 5 heteroatoms.